The Morgan fingerprint density at radius 1 is 1.10 bits per heavy atom. The van der Waals surface area contributed by atoms with Gasteiger partial charge in [-0.3, -0.25) is 4.90 Å². The van der Waals surface area contributed by atoms with E-state index in [1.165, 1.54) is 35.5 Å². The zero-order chi connectivity index (χ0) is 22.8. The molecule has 2 aromatic carbocycles. The highest BCUT2D eigenvalue weighted by atomic mass is 19.4. The smallest absolute Gasteiger partial charge is 0.381 e. The Bertz CT molecular complexity index is 1010. The Morgan fingerprint density at radius 3 is 2.32 bits per heavy atom. The molecule has 0 unspecified atom stereocenters. The maximum absolute atomic E-state index is 14.6. The number of hydrogen-bond acceptors (Lipinski definition) is 4. The summed E-state index contributed by atoms with van der Waals surface area (Å²) in [5.41, 5.74) is -2.16. The lowest BCUT2D eigenvalue weighted by Crippen LogP contribution is -2.50. The number of rotatable bonds is 7. The van der Waals surface area contributed by atoms with Crippen molar-refractivity contribution >= 4 is 0 Å². The van der Waals surface area contributed by atoms with Gasteiger partial charge in [0.25, 0.3) is 0 Å². The number of halogens is 5. The van der Waals surface area contributed by atoms with Gasteiger partial charge in [0.05, 0.1) is 12.1 Å². The van der Waals surface area contributed by atoms with E-state index < -0.39 is 35.0 Å². The number of nitrogens with zero attached hydrogens (tertiary/aromatic N) is 4. The molecule has 3 aromatic rings. The van der Waals surface area contributed by atoms with E-state index in [-0.39, 0.29) is 18.7 Å². The minimum absolute atomic E-state index is 0.129. The fourth-order valence-electron chi connectivity index (χ4n) is 3.43. The van der Waals surface area contributed by atoms with Gasteiger partial charge >= 0.3 is 6.18 Å². The molecule has 2 atom stereocenters. The number of aromatic nitrogens is 3. The molecule has 0 amide bonds. The average Bonchev–Trinajstić information content (AvgIpc) is 3.19. The second kappa shape index (κ2) is 8.72. The van der Waals surface area contributed by atoms with Gasteiger partial charge in [0, 0.05) is 24.2 Å². The molecular formula is C21H21F5N4O. The lowest BCUT2D eigenvalue weighted by molar-refractivity contribution is -0.137. The van der Waals surface area contributed by atoms with E-state index in [2.05, 4.69) is 10.1 Å². The lowest BCUT2D eigenvalue weighted by atomic mass is 9.85. The number of aliphatic hydroxyl groups is 1. The first-order valence-corrected chi connectivity index (χ1v) is 9.37. The fourth-order valence-corrected chi connectivity index (χ4v) is 3.43. The van der Waals surface area contributed by atoms with Crippen LogP contribution in [0.1, 0.15) is 23.6 Å². The zero-order valence-corrected chi connectivity index (χ0v) is 16.8. The molecule has 0 saturated carbocycles. The first kappa shape index (κ1) is 22.8. The topological polar surface area (TPSA) is 54.2 Å². The molecule has 3 rings (SSSR count). The van der Waals surface area contributed by atoms with Crippen LogP contribution < -0.4 is 0 Å². The lowest BCUT2D eigenvalue weighted by Gasteiger charge is -2.40. The summed E-state index contributed by atoms with van der Waals surface area (Å²) < 4.78 is 67.7. The Balaban J connectivity index is 1.89. The maximum atomic E-state index is 14.6. The third kappa shape index (κ3) is 5.08. The standard InChI is InChI=1S/C21H21F5N4O/c1-14(29(2)10-15-3-5-16(6-4-15)21(24,25)26)20(31,11-30-13-27-12-28-30)18-8-7-17(22)9-19(18)23/h3-9,12-14,31H,10-11H2,1-2H3/t14-,20-/m1/s1. The third-order valence-corrected chi connectivity index (χ3v) is 5.33. The first-order valence-electron chi connectivity index (χ1n) is 9.37. The Labute approximate surface area is 175 Å². The van der Waals surface area contributed by atoms with Gasteiger partial charge < -0.3 is 5.11 Å². The average molecular weight is 440 g/mol. The van der Waals surface area contributed by atoms with Crippen LogP contribution in [-0.2, 0) is 24.9 Å². The van der Waals surface area contributed by atoms with Crippen molar-refractivity contribution in [3.05, 3.63) is 83.4 Å². The van der Waals surface area contributed by atoms with Crippen molar-refractivity contribution in [1.29, 1.82) is 0 Å². The molecular weight excluding hydrogens is 419 g/mol. The fraction of sp³-hybridized carbons (Fsp3) is 0.333. The molecule has 1 heterocycles. The maximum Gasteiger partial charge on any atom is 0.416 e. The molecule has 1 aromatic heterocycles. The van der Waals surface area contributed by atoms with E-state index in [1.807, 2.05) is 0 Å². The summed E-state index contributed by atoms with van der Waals surface area (Å²) in [5, 5.41) is 15.5. The van der Waals surface area contributed by atoms with Crippen molar-refractivity contribution < 1.29 is 27.1 Å². The van der Waals surface area contributed by atoms with Crippen LogP contribution in [0.15, 0.2) is 55.1 Å². The molecule has 10 heteroatoms. The minimum Gasteiger partial charge on any atom is -0.381 e. The molecule has 0 aliphatic heterocycles. The molecule has 31 heavy (non-hydrogen) atoms. The largest absolute Gasteiger partial charge is 0.416 e. The predicted molar refractivity (Wildman–Crippen MR) is 103 cm³/mol. The number of benzene rings is 2. The van der Waals surface area contributed by atoms with E-state index in [0.29, 0.717) is 11.6 Å². The molecule has 0 aliphatic carbocycles. The van der Waals surface area contributed by atoms with E-state index >= 15 is 0 Å². The monoisotopic (exact) mass is 440 g/mol. The summed E-state index contributed by atoms with van der Waals surface area (Å²) in [6, 6.07) is 6.83. The molecule has 166 valence electrons. The van der Waals surface area contributed by atoms with Crippen molar-refractivity contribution in [3.63, 3.8) is 0 Å². The van der Waals surface area contributed by atoms with Crippen LogP contribution in [0, 0.1) is 11.6 Å². The van der Waals surface area contributed by atoms with E-state index in [4.69, 9.17) is 0 Å². The Kier molecular flexibility index (Phi) is 6.42. The van der Waals surface area contributed by atoms with Crippen molar-refractivity contribution in [3.8, 4) is 0 Å². The van der Waals surface area contributed by atoms with Crippen molar-refractivity contribution in [2.24, 2.45) is 0 Å². The van der Waals surface area contributed by atoms with Crippen LogP contribution >= 0.6 is 0 Å². The summed E-state index contributed by atoms with van der Waals surface area (Å²) in [6.45, 7) is 1.65. The van der Waals surface area contributed by atoms with E-state index in [1.54, 1.807) is 18.9 Å². The summed E-state index contributed by atoms with van der Waals surface area (Å²) in [7, 11) is 1.65. The van der Waals surface area contributed by atoms with Crippen LogP contribution in [0.2, 0.25) is 0 Å². The normalized spacial score (nSPS) is 15.1. The first-order chi connectivity index (χ1) is 14.5. The molecule has 0 aliphatic rings. The van der Waals surface area contributed by atoms with E-state index in [0.717, 1.165) is 18.2 Å². The van der Waals surface area contributed by atoms with Crippen LogP contribution in [-0.4, -0.2) is 37.9 Å². The molecule has 0 bridgehead atoms. The van der Waals surface area contributed by atoms with Crippen LogP contribution in [0.4, 0.5) is 22.0 Å². The Morgan fingerprint density at radius 2 is 1.77 bits per heavy atom. The number of likely N-dealkylation sites (N-methyl/N-ethyl adjacent to an activating group) is 1. The second-order valence-corrected chi connectivity index (χ2v) is 7.43. The highest BCUT2D eigenvalue weighted by Gasteiger charge is 2.41. The second-order valence-electron chi connectivity index (χ2n) is 7.43. The SMILES string of the molecule is C[C@@H](N(C)Cc1ccc(C(F)(F)F)cc1)[C@](O)(Cn1cncn1)c1ccc(F)cc1F. The number of alkyl halides is 3. The van der Waals surface area contributed by atoms with Gasteiger partial charge in [-0.1, -0.05) is 18.2 Å². The van der Waals surface area contributed by atoms with Gasteiger partial charge in [-0.2, -0.15) is 18.3 Å². The van der Waals surface area contributed by atoms with Gasteiger partial charge in [0.2, 0.25) is 0 Å². The van der Waals surface area contributed by atoms with Gasteiger partial charge in [-0.05, 0) is 37.7 Å². The van der Waals surface area contributed by atoms with Crippen molar-refractivity contribution in [1.82, 2.24) is 19.7 Å². The number of hydrogen-bond donors (Lipinski definition) is 1. The minimum atomic E-state index is -4.43. The van der Waals surface area contributed by atoms with Gasteiger partial charge in [0.1, 0.15) is 29.9 Å². The predicted octanol–water partition coefficient (Wildman–Crippen LogP) is 3.98. The van der Waals surface area contributed by atoms with Gasteiger partial charge in [-0.25, -0.2) is 18.4 Å². The summed E-state index contributed by atoms with van der Waals surface area (Å²) in [4.78, 5) is 5.49. The quantitative estimate of drug-likeness (QED) is 0.565. The Hall–Kier alpha value is -2.85. The third-order valence-electron chi connectivity index (χ3n) is 5.33. The highest BCUT2D eigenvalue weighted by Crippen LogP contribution is 2.33. The molecule has 1 N–H and O–H groups in total. The van der Waals surface area contributed by atoms with Crippen LogP contribution in [0.5, 0.6) is 0 Å². The molecule has 5 nitrogen and oxygen atoms in total. The van der Waals surface area contributed by atoms with Gasteiger partial charge in [-0.15, -0.1) is 0 Å². The molecule has 0 spiro atoms. The van der Waals surface area contributed by atoms with Crippen molar-refractivity contribution in [2.45, 2.75) is 37.8 Å². The van der Waals surface area contributed by atoms with Crippen LogP contribution in [0.3, 0.4) is 0 Å². The summed E-state index contributed by atoms with van der Waals surface area (Å²) in [6.07, 6.45) is -1.82. The molecule has 0 fully saturated rings. The zero-order valence-electron chi connectivity index (χ0n) is 16.8. The van der Waals surface area contributed by atoms with E-state index in [9.17, 15) is 27.1 Å². The highest BCUT2D eigenvalue weighted by molar-refractivity contribution is 5.28. The summed E-state index contributed by atoms with van der Waals surface area (Å²) in [5.74, 6) is -1.70. The molecule has 0 radical (unpaired) electrons. The summed E-state index contributed by atoms with van der Waals surface area (Å²) >= 11 is 0. The van der Waals surface area contributed by atoms with Crippen molar-refractivity contribution in [2.75, 3.05) is 7.05 Å². The van der Waals surface area contributed by atoms with Gasteiger partial charge in [0.15, 0.2) is 0 Å². The molecule has 0 saturated heterocycles. The van der Waals surface area contributed by atoms with Crippen LogP contribution in [0.25, 0.3) is 0 Å².